The lowest BCUT2D eigenvalue weighted by Crippen LogP contribution is -2.34. The number of rotatable bonds is 5. The molecule has 1 N–H and O–H groups in total. The van der Waals surface area contributed by atoms with Crippen LogP contribution in [0.25, 0.3) is 0 Å². The first kappa shape index (κ1) is 16.9. The molecule has 1 aromatic rings. The number of carbonyl (C=O) groups is 1. The number of benzene rings is 1. The van der Waals surface area contributed by atoms with E-state index in [2.05, 4.69) is 38.2 Å². The van der Waals surface area contributed by atoms with Gasteiger partial charge in [-0.15, -0.1) is 0 Å². The van der Waals surface area contributed by atoms with Crippen LogP contribution in [0.1, 0.15) is 58.4 Å². The SMILES string of the molecule is CC(C)(C)c1ccc(OCCNC(=O)C2CCCCC2)cc1. The van der Waals surface area contributed by atoms with Gasteiger partial charge in [0, 0.05) is 5.92 Å². The molecule has 0 bridgehead atoms. The van der Waals surface area contributed by atoms with Gasteiger partial charge in [0.25, 0.3) is 0 Å². The molecule has 0 unspecified atom stereocenters. The van der Waals surface area contributed by atoms with E-state index in [0.717, 1.165) is 18.6 Å². The van der Waals surface area contributed by atoms with E-state index in [0.29, 0.717) is 13.2 Å². The largest absolute Gasteiger partial charge is 0.492 e. The zero-order chi connectivity index (χ0) is 16.0. The quantitative estimate of drug-likeness (QED) is 0.833. The molecule has 1 amide bonds. The lowest BCUT2D eigenvalue weighted by atomic mass is 9.87. The summed E-state index contributed by atoms with van der Waals surface area (Å²) in [6.45, 7) is 7.70. The molecule has 122 valence electrons. The van der Waals surface area contributed by atoms with Crippen LogP contribution in [0.15, 0.2) is 24.3 Å². The third-order valence-electron chi connectivity index (χ3n) is 4.37. The Kier molecular flexibility index (Phi) is 5.87. The van der Waals surface area contributed by atoms with Crippen molar-refractivity contribution in [2.45, 2.75) is 58.3 Å². The van der Waals surface area contributed by atoms with E-state index in [1.54, 1.807) is 0 Å². The highest BCUT2D eigenvalue weighted by Crippen LogP contribution is 2.24. The van der Waals surface area contributed by atoms with Crippen molar-refractivity contribution >= 4 is 5.91 Å². The lowest BCUT2D eigenvalue weighted by Gasteiger charge is -2.21. The van der Waals surface area contributed by atoms with Crippen LogP contribution in [0.3, 0.4) is 0 Å². The van der Waals surface area contributed by atoms with Gasteiger partial charge in [-0.25, -0.2) is 0 Å². The normalized spacial score (nSPS) is 16.3. The smallest absolute Gasteiger partial charge is 0.223 e. The van der Waals surface area contributed by atoms with Gasteiger partial charge in [0.15, 0.2) is 0 Å². The van der Waals surface area contributed by atoms with Crippen LogP contribution in [0.5, 0.6) is 5.75 Å². The van der Waals surface area contributed by atoms with Gasteiger partial charge < -0.3 is 10.1 Å². The molecular formula is C19H29NO2. The average Bonchev–Trinajstić information content (AvgIpc) is 2.52. The number of hydrogen-bond donors (Lipinski definition) is 1. The van der Waals surface area contributed by atoms with Gasteiger partial charge in [-0.3, -0.25) is 4.79 Å². The Morgan fingerprint density at radius 1 is 1.14 bits per heavy atom. The number of carbonyl (C=O) groups excluding carboxylic acids is 1. The summed E-state index contributed by atoms with van der Waals surface area (Å²) in [6.07, 6.45) is 5.74. The average molecular weight is 303 g/mol. The minimum atomic E-state index is 0.159. The zero-order valence-corrected chi connectivity index (χ0v) is 14.2. The third-order valence-corrected chi connectivity index (χ3v) is 4.37. The molecule has 0 saturated heterocycles. The Morgan fingerprint density at radius 3 is 2.36 bits per heavy atom. The predicted octanol–water partition coefficient (Wildman–Crippen LogP) is 4.06. The summed E-state index contributed by atoms with van der Waals surface area (Å²) in [6, 6.07) is 8.22. The summed E-state index contributed by atoms with van der Waals surface area (Å²) in [5.41, 5.74) is 1.46. The molecular weight excluding hydrogens is 274 g/mol. The van der Waals surface area contributed by atoms with Gasteiger partial charge in [-0.05, 0) is 36.0 Å². The molecule has 0 radical (unpaired) electrons. The van der Waals surface area contributed by atoms with Gasteiger partial charge in [0.1, 0.15) is 12.4 Å². The molecule has 1 saturated carbocycles. The van der Waals surface area contributed by atoms with Crippen molar-refractivity contribution in [2.75, 3.05) is 13.2 Å². The monoisotopic (exact) mass is 303 g/mol. The Labute approximate surface area is 134 Å². The first-order valence-corrected chi connectivity index (χ1v) is 8.48. The lowest BCUT2D eigenvalue weighted by molar-refractivity contribution is -0.126. The van der Waals surface area contributed by atoms with Gasteiger partial charge in [-0.1, -0.05) is 52.2 Å². The van der Waals surface area contributed by atoms with Crippen molar-refractivity contribution in [2.24, 2.45) is 5.92 Å². The highest BCUT2D eigenvalue weighted by molar-refractivity contribution is 5.78. The molecule has 0 atom stereocenters. The number of ether oxygens (including phenoxy) is 1. The highest BCUT2D eigenvalue weighted by Gasteiger charge is 2.20. The van der Waals surface area contributed by atoms with Crippen molar-refractivity contribution in [3.05, 3.63) is 29.8 Å². The molecule has 3 heteroatoms. The topological polar surface area (TPSA) is 38.3 Å². The maximum absolute atomic E-state index is 12.0. The third kappa shape index (κ3) is 5.04. The van der Waals surface area contributed by atoms with E-state index in [9.17, 15) is 4.79 Å². The van der Waals surface area contributed by atoms with Crippen LogP contribution in [0, 0.1) is 5.92 Å². The van der Waals surface area contributed by atoms with Crippen molar-refractivity contribution < 1.29 is 9.53 Å². The van der Waals surface area contributed by atoms with Gasteiger partial charge in [0.2, 0.25) is 5.91 Å². The van der Waals surface area contributed by atoms with Crippen LogP contribution in [0.2, 0.25) is 0 Å². The first-order chi connectivity index (χ1) is 10.5. The summed E-state index contributed by atoms with van der Waals surface area (Å²) in [5.74, 6) is 1.28. The predicted molar refractivity (Wildman–Crippen MR) is 90.2 cm³/mol. The van der Waals surface area contributed by atoms with E-state index in [1.165, 1.54) is 24.8 Å². The Balaban J connectivity index is 1.69. The van der Waals surface area contributed by atoms with Crippen molar-refractivity contribution in [1.82, 2.24) is 5.32 Å². The van der Waals surface area contributed by atoms with E-state index in [1.807, 2.05) is 12.1 Å². The molecule has 0 heterocycles. The van der Waals surface area contributed by atoms with Crippen LogP contribution in [-0.4, -0.2) is 19.1 Å². The fraction of sp³-hybridized carbons (Fsp3) is 0.632. The molecule has 3 nitrogen and oxygen atoms in total. The van der Waals surface area contributed by atoms with Crippen molar-refractivity contribution in [3.8, 4) is 5.75 Å². The number of amides is 1. The van der Waals surface area contributed by atoms with E-state index < -0.39 is 0 Å². The molecule has 1 aromatic carbocycles. The van der Waals surface area contributed by atoms with Crippen molar-refractivity contribution in [3.63, 3.8) is 0 Å². The highest BCUT2D eigenvalue weighted by atomic mass is 16.5. The molecule has 1 aliphatic carbocycles. The maximum atomic E-state index is 12.0. The molecule has 0 aromatic heterocycles. The number of hydrogen-bond acceptors (Lipinski definition) is 2. The van der Waals surface area contributed by atoms with Crippen LogP contribution < -0.4 is 10.1 Å². The summed E-state index contributed by atoms with van der Waals surface area (Å²) in [4.78, 5) is 12.0. The van der Waals surface area contributed by atoms with Crippen LogP contribution in [-0.2, 0) is 10.2 Å². The first-order valence-electron chi connectivity index (χ1n) is 8.48. The van der Waals surface area contributed by atoms with Gasteiger partial charge in [0.05, 0.1) is 6.54 Å². The minimum Gasteiger partial charge on any atom is -0.492 e. The Hall–Kier alpha value is -1.51. The maximum Gasteiger partial charge on any atom is 0.223 e. The van der Waals surface area contributed by atoms with Crippen LogP contribution in [0.4, 0.5) is 0 Å². The number of nitrogens with one attached hydrogen (secondary N) is 1. The molecule has 2 rings (SSSR count). The fourth-order valence-electron chi connectivity index (χ4n) is 2.90. The van der Waals surface area contributed by atoms with E-state index in [4.69, 9.17) is 4.74 Å². The zero-order valence-electron chi connectivity index (χ0n) is 14.2. The molecule has 0 spiro atoms. The summed E-state index contributed by atoms with van der Waals surface area (Å²) < 4.78 is 5.70. The summed E-state index contributed by atoms with van der Waals surface area (Å²) in [5, 5.41) is 2.99. The second-order valence-electron chi connectivity index (χ2n) is 7.25. The van der Waals surface area contributed by atoms with Crippen molar-refractivity contribution in [1.29, 1.82) is 0 Å². The molecule has 0 aliphatic heterocycles. The summed E-state index contributed by atoms with van der Waals surface area (Å²) >= 11 is 0. The Bertz CT molecular complexity index is 467. The molecule has 1 aliphatic rings. The molecule has 1 fully saturated rings. The second kappa shape index (κ2) is 7.66. The summed E-state index contributed by atoms with van der Waals surface area (Å²) in [7, 11) is 0. The van der Waals surface area contributed by atoms with E-state index in [-0.39, 0.29) is 17.2 Å². The van der Waals surface area contributed by atoms with Crippen LogP contribution >= 0.6 is 0 Å². The standard InChI is InChI=1S/C19H29NO2/c1-19(2,3)16-9-11-17(12-10-16)22-14-13-20-18(21)15-7-5-4-6-8-15/h9-12,15H,4-8,13-14H2,1-3H3,(H,20,21). The van der Waals surface area contributed by atoms with Gasteiger partial charge >= 0.3 is 0 Å². The second-order valence-corrected chi connectivity index (χ2v) is 7.25. The van der Waals surface area contributed by atoms with E-state index >= 15 is 0 Å². The Morgan fingerprint density at radius 2 is 1.77 bits per heavy atom. The van der Waals surface area contributed by atoms with Gasteiger partial charge in [-0.2, -0.15) is 0 Å². The fourth-order valence-corrected chi connectivity index (χ4v) is 2.90. The molecule has 22 heavy (non-hydrogen) atoms. The minimum absolute atomic E-state index is 0.159.